The van der Waals surface area contributed by atoms with Crippen molar-refractivity contribution in [2.75, 3.05) is 20.6 Å². The van der Waals surface area contributed by atoms with Gasteiger partial charge in [0, 0.05) is 19.1 Å². The summed E-state index contributed by atoms with van der Waals surface area (Å²) >= 11 is 0. The van der Waals surface area contributed by atoms with Crippen LogP contribution in [0, 0.1) is 13.8 Å². The molecule has 0 aliphatic heterocycles. The predicted molar refractivity (Wildman–Crippen MR) is 90.5 cm³/mol. The van der Waals surface area contributed by atoms with Crippen molar-refractivity contribution in [3.8, 4) is 0 Å². The van der Waals surface area contributed by atoms with Crippen molar-refractivity contribution in [3.05, 3.63) is 70.8 Å². The highest BCUT2D eigenvalue weighted by Gasteiger charge is 2.12. The molecule has 0 fully saturated rings. The van der Waals surface area contributed by atoms with Crippen molar-refractivity contribution >= 4 is 0 Å². The van der Waals surface area contributed by atoms with Crippen LogP contribution in [0.4, 0.5) is 0 Å². The maximum absolute atomic E-state index is 3.71. The summed E-state index contributed by atoms with van der Waals surface area (Å²) in [6.45, 7) is 6.23. The number of likely N-dealkylation sites (N-methyl/N-ethyl adjacent to an activating group) is 1. The lowest BCUT2D eigenvalue weighted by molar-refractivity contribution is 0.340. The lowest BCUT2D eigenvalue weighted by atomic mass is 10.0. The van der Waals surface area contributed by atoms with Crippen molar-refractivity contribution in [1.29, 1.82) is 0 Å². The number of hydrogen-bond acceptors (Lipinski definition) is 2. The fourth-order valence-electron chi connectivity index (χ4n) is 2.56. The van der Waals surface area contributed by atoms with Gasteiger partial charge in [0.25, 0.3) is 0 Å². The van der Waals surface area contributed by atoms with Crippen LogP contribution in [-0.2, 0) is 6.54 Å². The molecule has 1 unspecified atom stereocenters. The molecule has 1 atom stereocenters. The minimum absolute atomic E-state index is 0.348. The fourth-order valence-corrected chi connectivity index (χ4v) is 2.56. The molecule has 2 rings (SSSR count). The summed E-state index contributed by atoms with van der Waals surface area (Å²) in [5.41, 5.74) is 5.40. The minimum atomic E-state index is 0.348. The van der Waals surface area contributed by atoms with Crippen LogP contribution in [0.15, 0.2) is 48.5 Å². The molecule has 1 N–H and O–H groups in total. The molecule has 0 aliphatic rings. The molecule has 2 aromatic carbocycles. The zero-order valence-electron chi connectivity index (χ0n) is 13.6. The predicted octanol–water partition coefficient (Wildman–Crippen LogP) is 3.70. The molecular weight excluding hydrogens is 256 g/mol. The largest absolute Gasteiger partial charge is 0.308 e. The molecule has 0 saturated carbocycles. The summed E-state index contributed by atoms with van der Waals surface area (Å²) in [7, 11) is 4.24. The first-order valence-corrected chi connectivity index (χ1v) is 7.55. The van der Waals surface area contributed by atoms with Crippen LogP contribution in [0.5, 0.6) is 0 Å². The molecule has 0 bridgehead atoms. The van der Waals surface area contributed by atoms with Crippen LogP contribution in [0.1, 0.15) is 28.3 Å². The summed E-state index contributed by atoms with van der Waals surface area (Å²) < 4.78 is 0. The summed E-state index contributed by atoms with van der Waals surface area (Å²) in [6, 6.07) is 17.7. The number of aryl methyl sites for hydroxylation is 2. The Morgan fingerprint density at radius 3 is 2.38 bits per heavy atom. The monoisotopic (exact) mass is 282 g/mol. The van der Waals surface area contributed by atoms with Crippen molar-refractivity contribution in [2.24, 2.45) is 0 Å². The van der Waals surface area contributed by atoms with Crippen LogP contribution < -0.4 is 5.32 Å². The SMILES string of the molecule is Cc1ccc(C)c(CNC(CN(C)C)c2ccccc2)c1. The van der Waals surface area contributed by atoms with Gasteiger partial charge in [-0.05, 0) is 44.6 Å². The van der Waals surface area contributed by atoms with Crippen LogP contribution >= 0.6 is 0 Å². The van der Waals surface area contributed by atoms with Crippen molar-refractivity contribution in [1.82, 2.24) is 10.2 Å². The van der Waals surface area contributed by atoms with E-state index >= 15 is 0 Å². The lowest BCUT2D eigenvalue weighted by Crippen LogP contribution is -2.31. The number of hydrogen-bond donors (Lipinski definition) is 1. The van der Waals surface area contributed by atoms with Crippen LogP contribution in [-0.4, -0.2) is 25.5 Å². The van der Waals surface area contributed by atoms with E-state index in [2.05, 4.69) is 86.7 Å². The average Bonchev–Trinajstić information content (AvgIpc) is 2.47. The number of rotatable bonds is 6. The van der Waals surface area contributed by atoms with Gasteiger partial charge in [0.05, 0.1) is 0 Å². The van der Waals surface area contributed by atoms with E-state index in [4.69, 9.17) is 0 Å². The van der Waals surface area contributed by atoms with Gasteiger partial charge in [0.15, 0.2) is 0 Å². The van der Waals surface area contributed by atoms with Gasteiger partial charge in [-0.3, -0.25) is 0 Å². The summed E-state index contributed by atoms with van der Waals surface area (Å²) in [4.78, 5) is 2.23. The quantitative estimate of drug-likeness (QED) is 0.869. The summed E-state index contributed by atoms with van der Waals surface area (Å²) in [5, 5.41) is 3.71. The highest BCUT2D eigenvalue weighted by molar-refractivity contribution is 5.30. The lowest BCUT2D eigenvalue weighted by Gasteiger charge is -2.23. The molecule has 0 radical (unpaired) electrons. The standard InChI is InChI=1S/C19H26N2/c1-15-10-11-16(2)18(12-15)13-20-19(14-21(3)4)17-8-6-5-7-9-17/h5-12,19-20H,13-14H2,1-4H3. The van der Waals surface area contributed by atoms with E-state index in [0.717, 1.165) is 13.1 Å². The van der Waals surface area contributed by atoms with Crippen LogP contribution in [0.2, 0.25) is 0 Å². The number of nitrogens with zero attached hydrogens (tertiary/aromatic N) is 1. The Bertz CT molecular complexity index is 561. The topological polar surface area (TPSA) is 15.3 Å². The molecule has 0 aliphatic carbocycles. The minimum Gasteiger partial charge on any atom is -0.308 e. The van der Waals surface area contributed by atoms with E-state index in [0.29, 0.717) is 6.04 Å². The first kappa shape index (κ1) is 15.7. The molecule has 0 saturated heterocycles. The Morgan fingerprint density at radius 1 is 1.00 bits per heavy atom. The Hall–Kier alpha value is -1.64. The van der Waals surface area contributed by atoms with Crippen molar-refractivity contribution in [2.45, 2.75) is 26.4 Å². The summed E-state index contributed by atoms with van der Waals surface area (Å²) in [5.74, 6) is 0. The number of nitrogens with one attached hydrogen (secondary N) is 1. The second-order valence-electron chi connectivity index (χ2n) is 6.04. The fraction of sp³-hybridized carbons (Fsp3) is 0.368. The van der Waals surface area contributed by atoms with E-state index < -0.39 is 0 Å². The molecule has 0 aromatic heterocycles. The first-order chi connectivity index (χ1) is 10.1. The van der Waals surface area contributed by atoms with Gasteiger partial charge in [0.1, 0.15) is 0 Å². The van der Waals surface area contributed by atoms with Gasteiger partial charge in [0.2, 0.25) is 0 Å². The van der Waals surface area contributed by atoms with E-state index in [1.165, 1.54) is 22.3 Å². The first-order valence-electron chi connectivity index (χ1n) is 7.55. The molecule has 0 amide bonds. The molecular formula is C19H26N2. The maximum Gasteiger partial charge on any atom is 0.0451 e. The molecule has 112 valence electrons. The van der Waals surface area contributed by atoms with E-state index in [-0.39, 0.29) is 0 Å². The van der Waals surface area contributed by atoms with Crippen LogP contribution in [0.25, 0.3) is 0 Å². The Balaban J connectivity index is 2.10. The molecule has 21 heavy (non-hydrogen) atoms. The van der Waals surface area contributed by atoms with Gasteiger partial charge >= 0.3 is 0 Å². The molecule has 2 aromatic rings. The Morgan fingerprint density at radius 2 is 1.71 bits per heavy atom. The van der Waals surface area contributed by atoms with E-state index in [1.54, 1.807) is 0 Å². The van der Waals surface area contributed by atoms with Crippen molar-refractivity contribution in [3.63, 3.8) is 0 Å². The highest BCUT2D eigenvalue weighted by atomic mass is 15.1. The third-order valence-corrected chi connectivity index (χ3v) is 3.79. The van der Waals surface area contributed by atoms with Gasteiger partial charge in [-0.25, -0.2) is 0 Å². The van der Waals surface area contributed by atoms with Gasteiger partial charge in [-0.15, -0.1) is 0 Å². The Labute approximate surface area is 128 Å². The second-order valence-corrected chi connectivity index (χ2v) is 6.04. The van der Waals surface area contributed by atoms with Gasteiger partial charge in [-0.1, -0.05) is 54.1 Å². The zero-order chi connectivity index (χ0) is 15.2. The van der Waals surface area contributed by atoms with Gasteiger partial charge in [-0.2, -0.15) is 0 Å². The van der Waals surface area contributed by atoms with Crippen molar-refractivity contribution < 1.29 is 0 Å². The van der Waals surface area contributed by atoms with E-state index in [1.807, 2.05) is 0 Å². The summed E-state index contributed by atoms with van der Waals surface area (Å²) in [6.07, 6.45) is 0. The molecule has 0 spiro atoms. The normalized spacial score (nSPS) is 12.6. The Kier molecular flexibility index (Phi) is 5.54. The second kappa shape index (κ2) is 7.39. The third kappa shape index (κ3) is 4.69. The third-order valence-electron chi connectivity index (χ3n) is 3.79. The number of benzene rings is 2. The smallest absolute Gasteiger partial charge is 0.0451 e. The van der Waals surface area contributed by atoms with E-state index in [9.17, 15) is 0 Å². The molecule has 2 heteroatoms. The van der Waals surface area contributed by atoms with Gasteiger partial charge < -0.3 is 10.2 Å². The zero-order valence-corrected chi connectivity index (χ0v) is 13.6. The average molecular weight is 282 g/mol. The highest BCUT2D eigenvalue weighted by Crippen LogP contribution is 2.16. The van der Waals surface area contributed by atoms with Crippen LogP contribution in [0.3, 0.4) is 0 Å². The maximum atomic E-state index is 3.71. The molecule has 2 nitrogen and oxygen atoms in total. The molecule has 0 heterocycles.